The van der Waals surface area contributed by atoms with Gasteiger partial charge in [0, 0.05) is 24.4 Å². The summed E-state index contributed by atoms with van der Waals surface area (Å²) < 4.78 is 12.6. The molecule has 0 aliphatic carbocycles. The van der Waals surface area contributed by atoms with Crippen molar-refractivity contribution in [3.05, 3.63) is 72.2 Å². The van der Waals surface area contributed by atoms with E-state index in [1.165, 1.54) is 18.1 Å². The highest BCUT2D eigenvalue weighted by atomic mass is 32.2. The van der Waals surface area contributed by atoms with E-state index in [2.05, 4.69) is 25.6 Å². The van der Waals surface area contributed by atoms with Crippen molar-refractivity contribution in [2.45, 2.75) is 17.5 Å². The lowest BCUT2D eigenvalue weighted by atomic mass is 10.3. The molecule has 0 spiro atoms. The molecule has 148 valence electrons. The molecule has 3 heterocycles. The number of amides is 1. The zero-order valence-corrected chi connectivity index (χ0v) is 16.3. The SMILES string of the molecule is COc1cccc(-n2cc(CNC(=O)c3ccc(CSc4ncn[nH]4)o3)cn2)c1. The highest BCUT2D eigenvalue weighted by molar-refractivity contribution is 7.98. The number of nitrogens with zero attached hydrogens (tertiary/aromatic N) is 4. The van der Waals surface area contributed by atoms with Crippen molar-refractivity contribution in [3.8, 4) is 11.4 Å². The zero-order valence-electron chi connectivity index (χ0n) is 15.5. The van der Waals surface area contributed by atoms with Crippen LogP contribution in [0.25, 0.3) is 5.69 Å². The fourth-order valence-electron chi connectivity index (χ4n) is 2.60. The summed E-state index contributed by atoms with van der Waals surface area (Å²) in [7, 11) is 1.62. The van der Waals surface area contributed by atoms with Crippen LogP contribution in [0.2, 0.25) is 0 Å². The second-order valence-corrected chi connectivity index (χ2v) is 6.99. The van der Waals surface area contributed by atoms with E-state index in [0.717, 1.165) is 17.0 Å². The molecule has 0 fully saturated rings. The highest BCUT2D eigenvalue weighted by Gasteiger charge is 2.12. The van der Waals surface area contributed by atoms with E-state index >= 15 is 0 Å². The molecule has 0 saturated heterocycles. The van der Waals surface area contributed by atoms with Gasteiger partial charge >= 0.3 is 0 Å². The third-order valence-corrected chi connectivity index (χ3v) is 4.94. The quantitative estimate of drug-likeness (QED) is 0.430. The molecule has 0 bridgehead atoms. The van der Waals surface area contributed by atoms with Gasteiger partial charge in [0.05, 0.1) is 24.7 Å². The third kappa shape index (κ3) is 4.66. The molecular formula is C19H18N6O3S. The summed E-state index contributed by atoms with van der Waals surface area (Å²) in [5.41, 5.74) is 1.75. The van der Waals surface area contributed by atoms with Gasteiger partial charge in [0.2, 0.25) is 0 Å². The molecular weight excluding hydrogens is 392 g/mol. The Bertz CT molecular complexity index is 1090. The molecule has 0 radical (unpaired) electrons. The summed E-state index contributed by atoms with van der Waals surface area (Å²) in [4.78, 5) is 16.4. The van der Waals surface area contributed by atoms with Crippen LogP contribution in [0.4, 0.5) is 0 Å². The van der Waals surface area contributed by atoms with E-state index < -0.39 is 0 Å². The second-order valence-electron chi connectivity index (χ2n) is 6.02. The fraction of sp³-hybridized carbons (Fsp3) is 0.158. The van der Waals surface area contributed by atoms with Gasteiger partial charge in [-0.25, -0.2) is 9.67 Å². The summed E-state index contributed by atoms with van der Waals surface area (Å²) in [6, 6.07) is 11.0. The van der Waals surface area contributed by atoms with Crippen LogP contribution in [0.15, 0.2) is 64.7 Å². The Labute approximate surface area is 170 Å². The first kappa shape index (κ1) is 18.8. The lowest BCUT2D eigenvalue weighted by Gasteiger charge is -2.04. The molecule has 29 heavy (non-hydrogen) atoms. The summed E-state index contributed by atoms with van der Waals surface area (Å²) in [6.07, 6.45) is 5.01. The molecule has 4 rings (SSSR count). The first-order valence-electron chi connectivity index (χ1n) is 8.74. The number of aromatic nitrogens is 5. The van der Waals surface area contributed by atoms with Crippen molar-refractivity contribution in [1.82, 2.24) is 30.3 Å². The van der Waals surface area contributed by atoms with Crippen molar-refractivity contribution in [3.63, 3.8) is 0 Å². The highest BCUT2D eigenvalue weighted by Crippen LogP contribution is 2.20. The van der Waals surface area contributed by atoms with Gasteiger partial charge in [0.1, 0.15) is 17.8 Å². The first-order chi connectivity index (χ1) is 14.2. The smallest absolute Gasteiger partial charge is 0.287 e. The molecule has 9 nitrogen and oxygen atoms in total. The maximum atomic E-state index is 12.3. The lowest BCUT2D eigenvalue weighted by molar-refractivity contribution is 0.0922. The molecule has 2 N–H and O–H groups in total. The molecule has 0 aliphatic rings. The average Bonchev–Trinajstić information content (AvgIpc) is 3.52. The van der Waals surface area contributed by atoms with Crippen LogP contribution < -0.4 is 10.1 Å². The number of aromatic amines is 1. The lowest BCUT2D eigenvalue weighted by Crippen LogP contribution is -2.22. The predicted octanol–water partition coefficient (Wildman–Crippen LogP) is 2.81. The minimum absolute atomic E-state index is 0.262. The van der Waals surface area contributed by atoms with Gasteiger partial charge in [-0.15, -0.1) is 0 Å². The van der Waals surface area contributed by atoms with Crippen LogP contribution >= 0.6 is 11.8 Å². The molecule has 1 amide bonds. The van der Waals surface area contributed by atoms with Crippen molar-refractivity contribution >= 4 is 17.7 Å². The van der Waals surface area contributed by atoms with E-state index in [-0.39, 0.29) is 11.7 Å². The van der Waals surface area contributed by atoms with E-state index in [1.807, 2.05) is 30.5 Å². The normalized spacial score (nSPS) is 10.8. The number of nitrogens with one attached hydrogen (secondary N) is 2. The molecule has 0 saturated carbocycles. The van der Waals surface area contributed by atoms with E-state index in [1.54, 1.807) is 30.1 Å². The Balaban J connectivity index is 1.32. The number of carbonyl (C=O) groups excluding carboxylic acids is 1. The number of methoxy groups -OCH3 is 1. The van der Waals surface area contributed by atoms with Gasteiger partial charge in [0.15, 0.2) is 10.9 Å². The first-order valence-corrected chi connectivity index (χ1v) is 9.73. The molecule has 4 aromatic rings. The number of hydrogen-bond acceptors (Lipinski definition) is 7. The molecule has 0 unspecified atom stereocenters. The number of ether oxygens (including phenoxy) is 1. The zero-order chi connectivity index (χ0) is 20.1. The Morgan fingerprint density at radius 2 is 2.28 bits per heavy atom. The fourth-order valence-corrected chi connectivity index (χ4v) is 3.27. The van der Waals surface area contributed by atoms with Crippen molar-refractivity contribution in [2.75, 3.05) is 7.11 Å². The Kier molecular flexibility index (Phi) is 5.61. The number of furan rings is 1. The van der Waals surface area contributed by atoms with Gasteiger partial charge in [-0.2, -0.15) is 10.2 Å². The van der Waals surface area contributed by atoms with Gasteiger partial charge in [-0.3, -0.25) is 9.89 Å². The number of H-pyrrole nitrogens is 1. The van der Waals surface area contributed by atoms with Crippen molar-refractivity contribution in [1.29, 1.82) is 0 Å². The van der Waals surface area contributed by atoms with Gasteiger partial charge in [-0.05, 0) is 24.3 Å². The van der Waals surface area contributed by atoms with Crippen LogP contribution in [0.1, 0.15) is 21.9 Å². The molecule has 10 heteroatoms. The van der Waals surface area contributed by atoms with Crippen LogP contribution in [0.5, 0.6) is 5.75 Å². The maximum absolute atomic E-state index is 12.3. The minimum atomic E-state index is -0.282. The summed E-state index contributed by atoms with van der Waals surface area (Å²) in [6.45, 7) is 0.339. The maximum Gasteiger partial charge on any atom is 0.287 e. The topological polar surface area (TPSA) is 111 Å². The third-order valence-electron chi connectivity index (χ3n) is 4.04. The number of hydrogen-bond donors (Lipinski definition) is 2. The van der Waals surface area contributed by atoms with Crippen LogP contribution in [0, 0.1) is 0 Å². The number of thioether (sulfide) groups is 1. The molecule has 0 aliphatic heterocycles. The monoisotopic (exact) mass is 410 g/mol. The van der Waals surface area contributed by atoms with Gasteiger partial charge < -0.3 is 14.5 Å². The minimum Gasteiger partial charge on any atom is -0.497 e. The van der Waals surface area contributed by atoms with Crippen LogP contribution in [0.3, 0.4) is 0 Å². The van der Waals surface area contributed by atoms with Crippen molar-refractivity contribution < 1.29 is 13.9 Å². The largest absolute Gasteiger partial charge is 0.497 e. The van der Waals surface area contributed by atoms with Gasteiger partial charge in [-0.1, -0.05) is 17.8 Å². The van der Waals surface area contributed by atoms with Crippen LogP contribution in [-0.4, -0.2) is 38.0 Å². The van der Waals surface area contributed by atoms with E-state index in [9.17, 15) is 4.79 Å². The van der Waals surface area contributed by atoms with E-state index in [4.69, 9.17) is 9.15 Å². The molecule has 0 atom stereocenters. The Morgan fingerprint density at radius 3 is 3.10 bits per heavy atom. The second kappa shape index (κ2) is 8.65. The standard InChI is InChI=1S/C19H18N6O3S/c1-27-15-4-2-3-14(7-15)25-10-13(9-23-25)8-20-18(26)17-6-5-16(28-17)11-29-19-21-12-22-24-19/h2-7,9-10,12H,8,11H2,1H3,(H,20,26)(H,21,22,24). The molecule has 1 aromatic carbocycles. The summed E-state index contributed by atoms with van der Waals surface area (Å²) in [5, 5.41) is 14.4. The predicted molar refractivity (Wildman–Crippen MR) is 106 cm³/mol. The van der Waals surface area contributed by atoms with Crippen LogP contribution in [-0.2, 0) is 12.3 Å². The summed E-state index contributed by atoms with van der Waals surface area (Å²) in [5.74, 6) is 1.97. The number of benzene rings is 1. The molecule has 3 aromatic heterocycles. The number of rotatable bonds is 8. The number of carbonyl (C=O) groups is 1. The van der Waals surface area contributed by atoms with Gasteiger partial charge in [0.25, 0.3) is 5.91 Å². The Morgan fingerprint density at radius 1 is 1.34 bits per heavy atom. The Hall–Kier alpha value is -3.53. The van der Waals surface area contributed by atoms with E-state index in [0.29, 0.717) is 23.2 Å². The van der Waals surface area contributed by atoms with Crippen molar-refractivity contribution in [2.24, 2.45) is 0 Å². The average molecular weight is 410 g/mol. The summed E-state index contributed by atoms with van der Waals surface area (Å²) >= 11 is 1.44.